The third-order valence-corrected chi connectivity index (χ3v) is 6.45. The van der Waals surface area contributed by atoms with Crippen LogP contribution in [0.25, 0.3) is 0 Å². The Morgan fingerprint density at radius 3 is 2.56 bits per heavy atom. The van der Waals surface area contributed by atoms with Crippen molar-refractivity contribution in [3.05, 3.63) is 23.7 Å². The lowest BCUT2D eigenvalue weighted by molar-refractivity contribution is -0.130. The number of carbonyl (C=O) groups is 1. The summed E-state index contributed by atoms with van der Waals surface area (Å²) in [6, 6.07) is 4.98. The van der Waals surface area contributed by atoms with E-state index in [0.29, 0.717) is 30.3 Å². The minimum Gasteiger partial charge on any atom is -0.465 e. The molecule has 0 N–H and O–H groups in total. The number of rotatable bonds is 5. The zero-order chi connectivity index (χ0) is 17.4. The van der Waals surface area contributed by atoms with E-state index in [-0.39, 0.29) is 0 Å². The van der Waals surface area contributed by atoms with Crippen molar-refractivity contribution < 1.29 is 9.21 Å². The highest BCUT2D eigenvalue weighted by molar-refractivity contribution is 5.80. The van der Waals surface area contributed by atoms with Crippen LogP contribution >= 0.6 is 0 Å². The number of likely N-dealkylation sites (tertiary alicyclic amines) is 3. The molecule has 25 heavy (non-hydrogen) atoms. The highest BCUT2D eigenvalue weighted by Gasteiger charge is 2.47. The van der Waals surface area contributed by atoms with Crippen molar-refractivity contribution in [2.45, 2.75) is 57.7 Å². The summed E-state index contributed by atoms with van der Waals surface area (Å²) in [6.45, 7) is 7.36. The van der Waals surface area contributed by atoms with Gasteiger partial charge in [0.15, 0.2) is 0 Å². The normalized spacial score (nSPS) is 28.9. The summed E-state index contributed by atoms with van der Waals surface area (Å²) in [4.78, 5) is 19.7. The zero-order valence-corrected chi connectivity index (χ0v) is 15.6. The van der Waals surface area contributed by atoms with E-state index in [2.05, 4.69) is 40.8 Å². The molecule has 138 valence electrons. The number of aryl methyl sites for hydroxylation is 1. The minimum absolute atomic E-state index is 0.368. The summed E-state index contributed by atoms with van der Waals surface area (Å²) in [5.41, 5.74) is 0. The van der Waals surface area contributed by atoms with Crippen LogP contribution in [0.5, 0.6) is 0 Å². The van der Waals surface area contributed by atoms with Crippen molar-refractivity contribution in [1.82, 2.24) is 14.7 Å². The van der Waals surface area contributed by atoms with Crippen LogP contribution in [0.15, 0.2) is 16.5 Å². The first-order valence-corrected chi connectivity index (χ1v) is 9.93. The minimum atomic E-state index is 0.368. The number of fused-ring (bicyclic) bond motifs is 1. The van der Waals surface area contributed by atoms with Gasteiger partial charge in [-0.15, -0.1) is 0 Å². The van der Waals surface area contributed by atoms with E-state index in [1.54, 1.807) is 0 Å². The summed E-state index contributed by atoms with van der Waals surface area (Å²) >= 11 is 0. The molecule has 0 unspecified atom stereocenters. The molecule has 3 aliphatic heterocycles. The van der Waals surface area contributed by atoms with Crippen LogP contribution in [0.4, 0.5) is 0 Å². The first-order valence-electron chi connectivity index (χ1n) is 9.93. The quantitative estimate of drug-likeness (QED) is 0.821. The molecule has 1 aromatic rings. The maximum atomic E-state index is 12.6. The average Bonchev–Trinajstić information content (AvgIpc) is 3.29. The van der Waals surface area contributed by atoms with Crippen LogP contribution in [-0.2, 0) is 17.8 Å². The van der Waals surface area contributed by atoms with Gasteiger partial charge >= 0.3 is 0 Å². The number of nitrogens with zero attached hydrogens (tertiary/aromatic N) is 3. The Hall–Kier alpha value is -1.33. The second-order valence-corrected chi connectivity index (χ2v) is 8.11. The largest absolute Gasteiger partial charge is 0.465 e. The molecular formula is C20H31N3O2. The predicted molar refractivity (Wildman–Crippen MR) is 97.2 cm³/mol. The van der Waals surface area contributed by atoms with Gasteiger partial charge in [0.2, 0.25) is 5.91 Å². The van der Waals surface area contributed by atoms with Gasteiger partial charge < -0.3 is 14.2 Å². The summed E-state index contributed by atoms with van der Waals surface area (Å²) in [6.07, 6.45) is 5.21. The maximum Gasteiger partial charge on any atom is 0.224 e. The third kappa shape index (κ3) is 3.49. The molecule has 4 rings (SSSR count). The fourth-order valence-corrected chi connectivity index (χ4v) is 4.86. The Morgan fingerprint density at radius 1 is 1.08 bits per heavy atom. The van der Waals surface area contributed by atoms with Gasteiger partial charge in [-0.25, -0.2) is 0 Å². The SMILES string of the molecule is CCc1ccc(CN2CC[C@@H]3[C@@H]2CC(=O)N3CC2CCN(C)CC2)o1. The van der Waals surface area contributed by atoms with Gasteiger partial charge in [0.05, 0.1) is 6.54 Å². The second kappa shape index (κ2) is 7.12. The number of hydrogen-bond donors (Lipinski definition) is 0. The van der Waals surface area contributed by atoms with Crippen LogP contribution in [0.1, 0.15) is 44.1 Å². The number of piperidine rings is 1. The molecule has 5 heteroatoms. The van der Waals surface area contributed by atoms with E-state index in [4.69, 9.17) is 4.42 Å². The van der Waals surface area contributed by atoms with Gasteiger partial charge in [-0.2, -0.15) is 0 Å². The highest BCUT2D eigenvalue weighted by atomic mass is 16.3. The number of hydrogen-bond acceptors (Lipinski definition) is 4. The highest BCUT2D eigenvalue weighted by Crippen LogP contribution is 2.35. The van der Waals surface area contributed by atoms with E-state index in [0.717, 1.165) is 44.0 Å². The molecule has 3 saturated heterocycles. The zero-order valence-electron chi connectivity index (χ0n) is 15.6. The van der Waals surface area contributed by atoms with Gasteiger partial charge in [0.1, 0.15) is 11.5 Å². The van der Waals surface area contributed by atoms with E-state index < -0.39 is 0 Å². The summed E-state index contributed by atoms with van der Waals surface area (Å²) < 4.78 is 5.88. The number of amides is 1. The fourth-order valence-electron chi connectivity index (χ4n) is 4.86. The Balaban J connectivity index is 1.37. The Kier molecular flexibility index (Phi) is 4.87. The molecule has 0 spiro atoms. The third-order valence-electron chi connectivity index (χ3n) is 6.45. The number of carbonyl (C=O) groups excluding carboxylic acids is 1. The van der Waals surface area contributed by atoms with Crippen molar-refractivity contribution in [1.29, 1.82) is 0 Å². The molecule has 1 aromatic heterocycles. The van der Waals surface area contributed by atoms with Crippen LogP contribution in [0.2, 0.25) is 0 Å². The van der Waals surface area contributed by atoms with Gasteiger partial charge in [-0.3, -0.25) is 9.69 Å². The Bertz CT molecular complexity index is 606. The first-order chi connectivity index (χ1) is 12.1. The van der Waals surface area contributed by atoms with Gasteiger partial charge in [0, 0.05) is 38.0 Å². The molecule has 0 bridgehead atoms. The Labute approximate surface area is 150 Å². The molecule has 0 saturated carbocycles. The molecule has 2 atom stereocenters. The van der Waals surface area contributed by atoms with Crippen LogP contribution in [0.3, 0.4) is 0 Å². The lowest BCUT2D eigenvalue weighted by Gasteiger charge is -2.33. The fraction of sp³-hybridized carbons (Fsp3) is 0.750. The summed E-state index contributed by atoms with van der Waals surface area (Å²) in [5.74, 6) is 3.15. The lowest BCUT2D eigenvalue weighted by atomic mass is 9.96. The van der Waals surface area contributed by atoms with Crippen molar-refractivity contribution in [2.24, 2.45) is 5.92 Å². The van der Waals surface area contributed by atoms with Crippen molar-refractivity contribution in [2.75, 3.05) is 33.2 Å². The van der Waals surface area contributed by atoms with Gasteiger partial charge in [-0.05, 0) is 57.5 Å². The predicted octanol–water partition coefficient (Wildman–Crippen LogP) is 2.36. The van der Waals surface area contributed by atoms with Crippen molar-refractivity contribution in [3.63, 3.8) is 0 Å². The van der Waals surface area contributed by atoms with Crippen LogP contribution in [-0.4, -0.2) is 65.9 Å². The van der Waals surface area contributed by atoms with Crippen LogP contribution < -0.4 is 0 Å². The lowest BCUT2D eigenvalue weighted by Crippen LogP contribution is -2.42. The standard InChI is InChI=1S/C20H31N3O2/c1-3-16-4-5-17(25-16)14-22-11-8-18-19(22)12-20(24)23(18)13-15-6-9-21(2)10-7-15/h4-5,15,18-19H,3,6-14H2,1-2H3/t18-,19+/m1/s1. The molecule has 0 aliphatic carbocycles. The molecular weight excluding hydrogens is 314 g/mol. The average molecular weight is 345 g/mol. The van der Waals surface area contributed by atoms with E-state index in [1.165, 1.54) is 25.9 Å². The molecule has 4 heterocycles. The van der Waals surface area contributed by atoms with Crippen molar-refractivity contribution >= 4 is 5.91 Å². The molecule has 3 fully saturated rings. The topological polar surface area (TPSA) is 39.9 Å². The Morgan fingerprint density at radius 2 is 1.84 bits per heavy atom. The van der Waals surface area contributed by atoms with E-state index >= 15 is 0 Å². The van der Waals surface area contributed by atoms with Gasteiger partial charge in [-0.1, -0.05) is 6.92 Å². The first kappa shape index (κ1) is 17.1. The van der Waals surface area contributed by atoms with Crippen molar-refractivity contribution in [3.8, 4) is 0 Å². The second-order valence-electron chi connectivity index (χ2n) is 8.11. The summed E-state index contributed by atoms with van der Waals surface area (Å²) in [5, 5.41) is 0. The smallest absolute Gasteiger partial charge is 0.224 e. The van der Waals surface area contributed by atoms with Gasteiger partial charge in [0.25, 0.3) is 0 Å². The molecule has 0 radical (unpaired) electrons. The maximum absolute atomic E-state index is 12.6. The molecule has 5 nitrogen and oxygen atoms in total. The summed E-state index contributed by atoms with van der Waals surface area (Å²) in [7, 11) is 2.20. The van der Waals surface area contributed by atoms with Crippen LogP contribution in [0, 0.1) is 5.92 Å². The van der Waals surface area contributed by atoms with E-state index in [9.17, 15) is 4.79 Å². The van der Waals surface area contributed by atoms with E-state index in [1.807, 2.05) is 0 Å². The molecule has 1 amide bonds. The number of furan rings is 1. The molecule has 0 aromatic carbocycles. The molecule has 3 aliphatic rings. The monoisotopic (exact) mass is 345 g/mol.